The van der Waals surface area contributed by atoms with Crippen LogP contribution in [-0.2, 0) is 13.1 Å². The molecule has 0 spiro atoms. The molecular weight excluding hydrogens is 168 g/mol. The third-order valence-electron chi connectivity index (χ3n) is 1.70. The second kappa shape index (κ2) is 3.91. The maximum absolute atomic E-state index is 4.93. The second-order valence-corrected chi connectivity index (χ2v) is 2.71. The predicted octanol–water partition coefficient (Wildman–Crippen LogP) is 1.56. The van der Waals surface area contributed by atoms with Crippen molar-refractivity contribution in [3.05, 3.63) is 42.2 Å². The Labute approximate surface area is 75.5 Å². The van der Waals surface area contributed by atoms with Gasteiger partial charge in [0.15, 0.2) is 0 Å². The molecule has 0 aliphatic heterocycles. The Bertz CT molecular complexity index is 292. The Morgan fingerprint density at radius 2 is 2.31 bits per heavy atom. The molecule has 1 N–H and O–H groups in total. The molecule has 0 amide bonds. The quantitative estimate of drug-likeness (QED) is 0.771. The van der Waals surface area contributed by atoms with E-state index in [1.165, 1.54) is 0 Å². The molecule has 2 aromatic rings. The lowest BCUT2D eigenvalue weighted by Crippen LogP contribution is -2.11. The van der Waals surface area contributed by atoms with Crippen molar-refractivity contribution in [1.29, 1.82) is 0 Å². The van der Waals surface area contributed by atoms with E-state index < -0.39 is 0 Å². The van der Waals surface area contributed by atoms with Gasteiger partial charge in [0.2, 0.25) is 0 Å². The average molecular weight is 178 g/mol. The molecule has 2 rings (SSSR count). The molecule has 0 unspecified atom stereocenters. The lowest BCUT2D eigenvalue weighted by atomic mass is 10.3. The second-order valence-electron chi connectivity index (χ2n) is 2.71. The van der Waals surface area contributed by atoms with E-state index in [0.29, 0.717) is 6.54 Å². The molecule has 2 heterocycles. The van der Waals surface area contributed by atoms with Crippen LogP contribution in [0.2, 0.25) is 0 Å². The highest BCUT2D eigenvalue weighted by Gasteiger charge is 1.97. The molecule has 0 atom stereocenters. The molecule has 13 heavy (non-hydrogen) atoms. The summed E-state index contributed by atoms with van der Waals surface area (Å²) in [7, 11) is 0. The van der Waals surface area contributed by atoms with Crippen molar-refractivity contribution in [2.24, 2.45) is 0 Å². The summed E-state index contributed by atoms with van der Waals surface area (Å²) in [5, 5.41) is 6.80. The van der Waals surface area contributed by atoms with Gasteiger partial charge < -0.3 is 14.3 Å². The van der Waals surface area contributed by atoms with Gasteiger partial charge in [-0.25, -0.2) is 0 Å². The van der Waals surface area contributed by atoms with Crippen molar-refractivity contribution in [3.8, 4) is 0 Å². The summed E-state index contributed by atoms with van der Waals surface area (Å²) in [4.78, 5) is 0. The lowest BCUT2D eigenvalue weighted by Gasteiger charge is -1.97. The van der Waals surface area contributed by atoms with Gasteiger partial charge in [0.25, 0.3) is 0 Å². The molecule has 0 aliphatic carbocycles. The third-order valence-corrected chi connectivity index (χ3v) is 1.70. The topological polar surface area (TPSA) is 51.2 Å². The van der Waals surface area contributed by atoms with Crippen molar-refractivity contribution in [2.75, 3.05) is 0 Å². The minimum atomic E-state index is 0.686. The van der Waals surface area contributed by atoms with Crippen molar-refractivity contribution < 1.29 is 8.94 Å². The van der Waals surface area contributed by atoms with Gasteiger partial charge in [-0.1, -0.05) is 5.16 Å². The number of hydrogen-bond donors (Lipinski definition) is 1. The van der Waals surface area contributed by atoms with Crippen molar-refractivity contribution in [1.82, 2.24) is 10.5 Å². The molecule has 0 radical (unpaired) electrons. The minimum absolute atomic E-state index is 0.686. The fraction of sp³-hybridized carbons (Fsp3) is 0.222. The number of nitrogens with one attached hydrogen (secondary N) is 1. The van der Waals surface area contributed by atoms with Gasteiger partial charge in [0.05, 0.1) is 25.3 Å². The number of aromatic nitrogens is 1. The Morgan fingerprint density at radius 1 is 1.31 bits per heavy atom. The predicted molar refractivity (Wildman–Crippen MR) is 45.8 cm³/mol. The zero-order chi connectivity index (χ0) is 8.93. The molecule has 4 nitrogen and oxygen atoms in total. The van der Waals surface area contributed by atoms with Gasteiger partial charge in [0.1, 0.15) is 5.76 Å². The monoisotopic (exact) mass is 178 g/mol. The van der Waals surface area contributed by atoms with Gasteiger partial charge in [0, 0.05) is 18.2 Å². The average Bonchev–Trinajstić information content (AvgIpc) is 2.75. The van der Waals surface area contributed by atoms with E-state index in [1.54, 1.807) is 18.7 Å². The highest BCUT2D eigenvalue weighted by Crippen LogP contribution is 2.00. The van der Waals surface area contributed by atoms with Gasteiger partial charge in [-0.3, -0.25) is 0 Å². The van der Waals surface area contributed by atoms with Crippen LogP contribution < -0.4 is 5.32 Å². The van der Waals surface area contributed by atoms with E-state index in [4.69, 9.17) is 8.94 Å². The summed E-state index contributed by atoms with van der Waals surface area (Å²) < 4.78 is 9.84. The van der Waals surface area contributed by atoms with E-state index in [0.717, 1.165) is 17.9 Å². The van der Waals surface area contributed by atoms with Crippen LogP contribution in [0.25, 0.3) is 0 Å². The maximum atomic E-state index is 4.93. The summed E-state index contributed by atoms with van der Waals surface area (Å²) in [6.07, 6.45) is 5.01. The molecule has 0 saturated heterocycles. The Hall–Kier alpha value is -1.55. The van der Waals surface area contributed by atoms with Crippen LogP contribution in [0.5, 0.6) is 0 Å². The van der Waals surface area contributed by atoms with Crippen LogP contribution in [0.15, 0.2) is 39.8 Å². The van der Waals surface area contributed by atoms with E-state index in [9.17, 15) is 0 Å². The number of rotatable bonds is 4. The van der Waals surface area contributed by atoms with Gasteiger partial charge in [-0.15, -0.1) is 0 Å². The normalized spacial score (nSPS) is 10.5. The first-order valence-electron chi connectivity index (χ1n) is 4.06. The molecule has 2 aromatic heterocycles. The Morgan fingerprint density at radius 3 is 3.00 bits per heavy atom. The van der Waals surface area contributed by atoms with E-state index >= 15 is 0 Å². The minimum Gasteiger partial charge on any atom is -0.472 e. The summed E-state index contributed by atoms with van der Waals surface area (Å²) in [5.41, 5.74) is 1.12. The van der Waals surface area contributed by atoms with Crippen molar-refractivity contribution in [2.45, 2.75) is 13.1 Å². The maximum Gasteiger partial charge on any atom is 0.150 e. The van der Waals surface area contributed by atoms with E-state index in [1.807, 2.05) is 12.1 Å². The zero-order valence-corrected chi connectivity index (χ0v) is 7.06. The van der Waals surface area contributed by atoms with Crippen LogP contribution in [0, 0.1) is 0 Å². The summed E-state index contributed by atoms with van der Waals surface area (Å²) in [6.45, 7) is 1.46. The lowest BCUT2D eigenvalue weighted by molar-refractivity contribution is 0.372. The fourth-order valence-corrected chi connectivity index (χ4v) is 1.06. The van der Waals surface area contributed by atoms with Crippen LogP contribution >= 0.6 is 0 Å². The van der Waals surface area contributed by atoms with E-state index in [2.05, 4.69) is 10.5 Å². The Balaban J connectivity index is 1.76. The van der Waals surface area contributed by atoms with Crippen LogP contribution in [0.3, 0.4) is 0 Å². The molecule has 0 fully saturated rings. The molecule has 0 aliphatic rings. The van der Waals surface area contributed by atoms with Crippen LogP contribution in [-0.4, -0.2) is 5.16 Å². The summed E-state index contributed by atoms with van der Waals surface area (Å²) in [6, 6.07) is 3.76. The molecular formula is C9H10N2O2. The molecule has 68 valence electrons. The summed E-state index contributed by atoms with van der Waals surface area (Å²) >= 11 is 0. The SMILES string of the molecule is c1cc(CNCc2ccoc2)on1. The first-order chi connectivity index (χ1) is 6.45. The molecule has 0 bridgehead atoms. The van der Waals surface area contributed by atoms with Crippen LogP contribution in [0.4, 0.5) is 0 Å². The highest BCUT2D eigenvalue weighted by atomic mass is 16.5. The van der Waals surface area contributed by atoms with Gasteiger partial charge >= 0.3 is 0 Å². The Kier molecular flexibility index (Phi) is 2.43. The first kappa shape index (κ1) is 8.07. The summed E-state index contributed by atoms with van der Waals surface area (Å²) in [5.74, 6) is 0.837. The smallest absolute Gasteiger partial charge is 0.150 e. The third kappa shape index (κ3) is 2.19. The number of hydrogen-bond acceptors (Lipinski definition) is 4. The standard InChI is InChI=1S/C9H10N2O2/c1-3-11-13-9(1)6-10-5-8-2-4-12-7-8/h1-4,7,10H,5-6H2. The van der Waals surface area contributed by atoms with Gasteiger partial charge in [-0.2, -0.15) is 0 Å². The first-order valence-corrected chi connectivity index (χ1v) is 4.06. The molecule has 4 heteroatoms. The zero-order valence-electron chi connectivity index (χ0n) is 7.06. The van der Waals surface area contributed by atoms with Gasteiger partial charge in [-0.05, 0) is 6.07 Å². The van der Waals surface area contributed by atoms with Crippen molar-refractivity contribution >= 4 is 0 Å². The number of furan rings is 1. The van der Waals surface area contributed by atoms with Crippen LogP contribution in [0.1, 0.15) is 11.3 Å². The highest BCUT2D eigenvalue weighted by molar-refractivity contribution is 5.04. The largest absolute Gasteiger partial charge is 0.472 e. The molecule has 0 saturated carbocycles. The fourth-order valence-electron chi connectivity index (χ4n) is 1.06. The molecule has 0 aromatic carbocycles. The number of nitrogens with zero attached hydrogens (tertiary/aromatic N) is 1. The van der Waals surface area contributed by atoms with E-state index in [-0.39, 0.29) is 0 Å². The van der Waals surface area contributed by atoms with Crippen molar-refractivity contribution in [3.63, 3.8) is 0 Å².